The smallest absolute Gasteiger partial charge is 0.328 e. The fourth-order valence-corrected chi connectivity index (χ4v) is 1.97. The molecule has 0 radical (unpaired) electrons. The Morgan fingerprint density at radius 3 is 2.80 bits per heavy atom. The van der Waals surface area contributed by atoms with Crippen LogP contribution in [0, 0.1) is 17.1 Å². The molecule has 1 rings (SSSR count). The summed E-state index contributed by atoms with van der Waals surface area (Å²) in [5.74, 6) is -2.49. The average Bonchev–Trinajstić information content (AvgIpc) is 2.36. The Morgan fingerprint density at radius 2 is 2.20 bits per heavy atom. The molecule has 6 nitrogen and oxygen atoms in total. The molecular formula is C12H11FN2O4S. The molecule has 0 heterocycles. The van der Waals surface area contributed by atoms with E-state index in [9.17, 15) is 17.6 Å². The summed E-state index contributed by atoms with van der Waals surface area (Å²) in [4.78, 5) is 10.4. The van der Waals surface area contributed by atoms with Gasteiger partial charge in [-0.2, -0.15) is 5.26 Å². The summed E-state index contributed by atoms with van der Waals surface area (Å²) < 4.78 is 38.1. The molecule has 0 aliphatic heterocycles. The highest BCUT2D eigenvalue weighted by Crippen LogP contribution is 2.12. The van der Waals surface area contributed by atoms with Gasteiger partial charge in [0.05, 0.1) is 6.07 Å². The fraction of sp³-hybridized carbons (Fsp3) is 0.167. The molecule has 1 aromatic carbocycles. The van der Waals surface area contributed by atoms with Crippen molar-refractivity contribution in [3.63, 3.8) is 0 Å². The molecule has 8 heteroatoms. The summed E-state index contributed by atoms with van der Waals surface area (Å²) in [6, 6.07) is 5.28. The van der Waals surface area contributed by atoms with Crippen molar-refractivity contribution in [2.75, 3.05) is 5.75 Å². The topological polar surface area (TPSA) is 107 Å². The van der Waals surface area contributed by atoms with E-state index in [1.165, 1.54) is 24.3 Å². The summed E-state index contributed by atoms with van der Waals surface area (Å²) in [7, 11) is -3.78. The van der Waals surface area contributed by atoms with Gasteiger partial charge in [-0.25, -0.2) is 22.3 Å². The largest absolute Gasteiger partial charge is 0.478 e. The molecule has 106 valence electrons. The lowest BCUT2D eigenvalue weighted by Gasteiger charge is -2.06. The molecule has 0 saturated carbocycles. The van der Waals surface area contributed by atoms with Crippen LogP contribution in [0.1, 0.15) is 11.1 Å². The maximum atomic E-state index is 13.5. The standard InChI is InChI=1S/C12H11FN2O4S/c13-11-3-1-9(2-4-12(16)17)7-10(11)8-15-20(18,19)6-5-14/h1-4,7,15H,6,8H2,(H,16,17). The van der Waals surface area contributed by atoms with Crippen LogP contribution in [0.25, 0.3) is 6.08 Å². The van der Waals surface area contributed by atoms with E-state index in [-0.39, 0.29) is 12.1 Å². The number of halogens is 1. The Kier molecular flexibility index (Phi) is 5.37. The van der Waals surface area contributed by atoms with E-state index in [0.717, 1.165) is 12.1 Å². The van der Waals surface area contributed by atoms with Crippen molar-refractivity contribution in [3.05, 3.63) is 41.2 Å². The molecule has 0 aliphatic carbocycles. The van der Waals surface area contributed by atoms with Crippen molar-refractivity contribution in [2.24, 2.45) is 0 Å². The Morgan fingerprint density at radius 1 is 1.50 bits per heavy atom. The summed E-state index contributed by atoms with van der Waals surface area (Å²) in [5.41, 5.74) is 0.474. The fourth-order valence-electron chi connectivity index (χ4n) is 1.33. The van der Waals surface area contributed by atoms with E-state index in [0.29, 0.717) is 5.56 Å². The van der Waals surface area contributed by atoms with Crippen LogP contribution in [-0.2, 0) is 21.4 Å². The van der Waals surface area contributed by atoms with Gasteiger partial charge in [-0.1, -0.05) is 6.07 Å². The third-order valence-electron chi connectivity index (χ3n) is 2.23. The minimum absolute atomic E-state index is 0.0547. The number of benzene rings is 1. The lowest BCUT2D eigenvalue weighted by atomic mass is 10.1. The third kappa shape index (κ3) is 5.17. The van der Waals surface area contributed by atoms with Crippen molar-refractivity contribution in [1.82, 2.24) is 4.72 Å². The van der Waals surface area contributed by atoms with Crippen molar-refractivity contribution in [1.29, 1.82) is 5.26 Å². The summed E-state index contributed by atoms with van der Waals surface area (Å²) in [6.45, 7) is -0.315. The van der Waals surface area contributed by atoms with Gasteiger partial charge in [0.2, 0.25) is 10.0 Å². The molecule has 0 bridgehead atoms. The van der Waals surface area contributed by atoms with Gasteiger partial charge < -0.3 is 5.11 Å². The molecule has 0 amide bonds. The normalized spacial score (nSPS) is 11.4. The van der Waals surface area contributed by atoms with E-state index >= 15 is 0 Å². The number of hydrogen-bond acceptors (Lipinski definition) is 4. The van der Waals surface area contributed by atoms with Gasteiger partial charge in [0, 0.05) is 18.2 Å². The van der Waals surface area contributed by atoms with Crippen molar-refractivity contribution < 1.29 is 22.7 Å². The molecule has 2 N–H and O–H groups in total. The molecule has 0 saturated heterocycles. The minimum Gasteiger partial charge on any atom is -0.478 e. The second-order valence-corrected chi connectivity index (χ2v) is 5.57. The van der Waals surface area contributed by atoms with Crippen LogP contribution in [0.3, 0.4) is 0 Å². The van der Waals surface area contributed by atoms with Crippen LogP contribution in [0.4, 0.5) is 4.39 Å². The molecule has 0 fully saturated rings. The van der Waals surface area contributed by atoms with Crippen molar-refractivity contribution in [2.45, 2.75) is 6.54 Å². The first-order valence-electron chi connectivity index (χ1n) is 5.38. The van der Waals surface area contributed by atoms with Gasteiger partial charge in [-0.3, -0.25) is 0 Å². The number of nitrogens with zero attached hydrogens (tertiary/aromatic N) is 1. The number of carboxylic acids is 1. The van der Waals surface area contributed by atoms with E-state index in [4.69, 9.17) is 10.4 Å². The van der Waals surface area contributed by atoms with Crippen LogP contribution in [0.5, 0.6) is 0 Å². The van der Waals surface area contributed by atoms with Crippen LogP contribution in [0.2, 0.25) is 0 Å². The van der Waals surface area contributed by atoms with Crippen LogP contribution in [0.15, 0.2) is 24.3 Å². The number of aliphatic carboxylic acids is 1. The van der Waals surface area contributed by atoms with Crippen LogP contribution < -0.4 is 4.72 Å². The third-order valence-corrected chi connectivity index (χ3v) is 3.32. The summed E-state index contributed by atoms with van der Waals surface area (Å²) in [5, 5.41) is 16.8. The number of nitriles is 1. The second-order valence-electron chi connectivity index (χ2n) is 3.76. The molecule has 20 heavy (non-hydrogen) atoms. The zero-order valence-corrected chi connectivity index (χ0v) is 11.0. The zero-order chi connectivity index (χ0) is 15.2. The molecule has 0 unspecified atom stereocenters. The van der Waals surface area contributed by atoms with Crippen LogP contribution >= 0.6 is 0 Å². The minimum atomic E-state index is -3.78. The Bertz CT molecular complexity index is 677. The highest BCUT2D eigenvalue weighted by Gasteiger charge is 2.11. The Balaban J connectivity index is 2.88. The number of carboxylic acid groups (broad SMARTS) is 1. The maximum absolute atomic E-state index is 13.5. The Labute approximate surface area is 115 Å². The van der Waals surface area contributed by atoms with Crippen LogP contribution in [-0.4, -0.2) is 25.2 Å². The first-order valence-corrected chi connectivity index (χ1v) is 7.03. The number of hydrogen-bond donors (Lipinski definition) is 2. The van der Waals surface area contributed by atoms with E-state index in [1.54, 1.807) is 0 Å². The average molecular weight is 298 g/mol. The number of carbonyl (C=O) groups is 1. The van der Waals surface area contributed by atoms with Gasteiger partial charge in [0.25, 0.3) is 0 Å². The van der Waals surface area contributed by atoms with Gasteiger partial charge in [-0.15, -0.1) is 0 Å². The number of rotatable bonds is 6. The van der Waals surface area contributed by atoms with Gasteiger partial charge in [0.1, 0.15) is 5.82 Å². The molecule has 0 atom stereocenters. The van der Waals surface area contributed by atoms with Crippen molar-refractivity contribution in [3.8, 4) is 6.07 Å². The SMILES string of the molecule is N#CCS(=O)(=O)NCc1cc(C=CC(=O)O)ccc1F. The Hall–Kier alpha value is -2.24. The number of sulfonamides is 1. The quantitative estimate of drug-likeness (QED) is 0.758. The van der Waals surface area contributed by atoms with Gasteiger partial charge in [0.15, 0.2) is 5.75 Å². The first-order chi connectivity index (χ1) is 9.34. The van der Waals surface area contributed by atoms with E-state index in [2.05, 4.69) is 4.72 Å². The number of nitrogens with one attached hydrogen (secondary N) is 1. The summed E-state index contributed by atoms with van der Waals surface area (Å²) >= 11 is 0. The predicted molar refractivity (Wildman–Crippen MR) is 69.3 cm³/mol. The van der Waals surface area contributed by atoms with Crippen molar-refractivity contribution >= 4 is 22.1 Å². The van der Waals surface area contributed by atoms with Gasteiger partial charge >= 0.3 is 5.97 Å². The highest BCUT2D eigenvalue weighted by molar-refractivity contribution is 7.89. The highest BCUT2D eigenvalue weighted by atomic mass is 32.2. The molecule has 0 aromatic heterocycles. The molecular weight excluding hydrogens is 287 g/mol. The first kappa shape index (κ1) is 15.8. The monoisotopic (exact) mass is 298 g/mol. The van der Waals surface area contributed by atoms with E-state index < -0.39 is 27.6 Å². The zero-order valence-electron chi connectivity index (χ0n) is 10.2. The lowest BCUT2D eigenvalue weighted by molar-refractivity contribution is -0.131. The van der Waals surface area contributed by atoms with Gasteiger partial charge in [-0.05, 0) is 23.8 Å². The maximum Gasteiger partial charge on any atom is 0.328 e. The lowest BCUT2D eigenvalue weighted by Crippen LogP contribution is -2.25. The molecule has 1 aromatic rings. The van der Waals surface area contributed by atoms with E-state index in [1.807, 2.05) is 0 Å². The summed E-state index contributed by atoms with van der Waals surface area (Å²) in [6.07, 6.45) is 2.14. The second kappa shape index (κ2) is 6.79. The predicted octanol–water partition coefficient (Wildman–Crippen LogP) is 0.866. The molecule has 0 spiro atoms. The molecule has 0 aliphatic rings.